The normalized spacial score (nSPS) is 26.6. The lowest BCUT2D eigenvalue weighted by Crippen LogP contribution is -2.41. The van der Waals surface area contributed by atoms with Crippen LogP contribution in [0.3, 0.4) is 0 Å². The third kappa shape index (κ3) is 2.90. The van der Waals surface area contributed by atoms with Crippen molar-refractivity contribution in [1.82, 2.24) is 5.32 Å². The smallest absolute Gasteiger partial charge is 0.337 e. The quantitative estimate of drug-likeness (QED) is 0.779. The standard InChI is InChI=1S/C15H17BrN2O3/c16-11-3-1-2-10(14(19)20)13(11)18-15(21)17-12-7-8-4-5-9(12)6-8/h1-3,8-9,12H,4-7H2,(H,19,20)(H2,17,18,21). The number of carbonyl (C=O) groups is 2. The largest absolute Gasteiger partial charge is 0.478 e. The van der Waals surface area contributed by atoms with Gasteiger partial charge in [0.15, 0.2) is 0 Å². The molecule has 0 heterocycles. The van der Waals surface area contributed by atoms with E-state index in [2.05, 4.69) is 26.6 Å². The van der Waals surface area contributed by atoms with Crippen molar-refractivity contribution in [2.75, 3.05) is 5.32 Å². The van der Waals surface area contributed by atoms with Crippen LogP contribution in [0.25, 0.3) is 0 Å². The van der Waals surface area contributed by atoms with Crippen molar-refractivity contribution in [3.8, 4) is 0 Å². The molecule has 0 radical (unpaired) electrons. The number of carbonyl (C=O) groups excluding carboxylic acids is 1. The molecule has 0 aromatic heterocycles. The van der Waals surface area contributed by atoms with E-state index in [1.165, 1.54) is 25.3 Å². The number of amides is 2. The summed E-state index contributed by atoms with van der Waals surface area (Å²) in [4.78, 5) is 23.3. The Bertz CT molecular complexity index is 590. The number of fused-ring (bicyclic) bond motifs is 2. The predicted molar refractivity (Wildman–Crippen MR) is 82.5 cm³/mol. The molecule has 2 amide bonds. The molecular weight excluding hydrogens is 336 g/mol. The van der Waals surface area contributed by atoms with E-state index >= 15 is 0 Å². The fourth-order valence-electron chi connectivity index (χ4n) is 3.57. The summed E-state index contributed by atoms with van der Waals surface area (Å²) in [5.41, 5.74) is 0.373. The van der Waals surface area contributed by atoms with Gasteiger partial charge in [0.2, 0.25) is 0 Å². The Labute approximate surface area is 131 Å². The van der Waals surface area contributed by atoms with Crippen molar-refractivity contribution in [2.45, 2.75) is 31.7 Å². The van der Waals surface area contributed by atoms with E-state index in [4.69, 9.17) is 0 Å². The summed E-state index contributed by atoms with van der Waals surface area (Å²) in [6.07, 6.45) is 4.71. The number of rotatable bonds is 3. The Hall–Kier alpha value is -1.56. The van der Waals surface area contributed by atoms with Crippen LogP contribution in [0.1, 0.15) is 36.0 Å². The highest BCUT2D eigenvalue weighted by molar-refractivity contribution is 9.10. The van der Waals surface area contributed by atoms with Crippen LogP contribution >= 0.6 is 15.9 Å². The molecule has 1 aromatic carbocycles. The van der Waals surface area contributed by atoms with Crippen molar-refractivity contribution >= 4 is 33.6 Å². The summed E-state index contributed by atoms with van der Waals surface area (Å²) >= 11 is 3.28. The van der Waals surface area contributed by atoms with Gasteiger partial charge in [-0.2, -0.15) is 0 Å². The number of aromatic carboxylic acids is 1. The third-order valence-electron chi connectivity index (χ3n) is 4.54. The van der Waals surface area contributed by atoms with Crippen LogP contribution in [0.4, 0.5) is 10.5 Å². The number of carboxylic acid groups (broad SMARTS) is 1. The number of hydrogen-bond donors (Lipinski definition) is 3. The molecule has 3 atom stereocenters. The molecule has 112 valence electrons. The maximum absolute atomic E-state index is 12.1. The number of benzene rings is 1. The number of para-hydroxylation sites is 1. The highest BCUT2D eigenvalue weighted by atomic mass is 79.9. The molecule has 0 saturated heterocycles. The maximum Gasteiger partial charge on any atom is 0.337 e. The van der Waals surface area contributed by atoms with Crippen LogP contribution in [0.5, 0.6) is 0 Å². The van der Waals surface area contributed by atoms with Crippen LogP contribution < -0.4 is 10.6 Å². The molecule has 2 aliphatic rings. The lowest BCUT2D eigenvalue weighted by atomic mass is 9.95. The fraction of sp³-hybridized carbons (Fsp3) is 0.467. The lowest BCUT2D eigenvalue weighted by Gasteiger charge is -2.23. The zero-order valence-electron chi connectivity index (χ0n) is 11.4. The van der Waals surface area contributed by atoms with E-state index in [-0.39, 0.29) is 17.6 Å². The van der Waals surface area contributed by atoms with Crippen LogP contribution in [0.2, 0.25) is 0 Å². The van der Waals surface area contributed by atoms with Crippen LogP contribution in [0, 0.1) is 11.8 Å². The average molecular weight is 353 g/mol. The van der Waals surface area contributed by atoms with Gasteiger partial charge in [-0.3, -0.25) is 0 Å². The van der Waals surface area contributed by atoms with E-state index in [9.17, 15) is 14.7 Å². The van der Waals surface area contributed by atoms with Gasteiger partial charge in [0.25, 0.3) is 0 Å². The molecular formula is C15H17BrN2O3. The number of carboxylic acids is 1. The third-order valence-corrected chi connectivity index (χ3v) is 5.20. The molecule has 3 N–H and O–H groups in total. The number of anilines is 1. The topological polar surface area (TPSA) is 78.4 Å². The zero-order chi connectivity index (χ0) is 15.0. The molecule has 3 unspecified atom stereocenters. The van der Waals surface area contributed by atoms with E-state index in [1.807, 2.05) is 0 Å². The first kappa shape index (κ1) is 14.4. The second-order valence-corrected chi connectivity index (χ2v) is 6.70. The van der Waals surface area contributed by atoms with Gasteiger partial charge < -0.3 is 15.7 Å². The number of hydrogen-bond acceptors (Lipinski definition) is 2. The van der Waals surface area contributed by atoms with E-state index in [1.54, 1.807) is 12.1 Å². The van der Waals surface area contributed by atoms with Gasteiger partial charge in [-0.15, -0.1) is 0 Å². The van der Waals surface area contributed by atoms with E-state index in [0.29, 0.717) is 16.1 Å². The van der Waals surface area contributed by atoms with Crippen molar-refractivity contribution in [2.24, 2.45) is 11.8 Å². The summed E-state index contributed by atoms with van der Waals surface area (Å²) in [5.74, 6) is 0.267. The predicted octanol–water partition coefficient (Wildman–Crippen LogP) is 3.46. The van der Waals surface area contributed by atoms with Crippen LogP contribution in [-0.2, 0) is 0 Å². The van der Waals surface area contributed by atoms with E-state index in [0.717, 1.165) is 12.3 Å². The van der Waals surface area contributed by atoms with Crippen molar-refractivity contribution in [3.05, 3.63) is 28.2 Å². The Kier molecular flexibility index (Phi) is 3.89. The second kappa shape index (κ2) is 5.67. The first-order valence-corrected chi connectivity index (χ1v) is 7.93. The molecule has 5 nitrogen and oxygen atoms in total. The van der Waals surface area contributed by atoms with Gasteiger partial charge in [0.1, 0.15) is 0 Å². The minimum atomic E-state index is -1.06. The fourth-order valence-corrected chi connectivity index (χ4v) is 4.03. The molecule has 2 fully saturated rings. The van der Waals surface area contributed by atoms with Gasteiger partial charge in [-0.25, -0.2) is 9.59 Å². The van der Waals surface area contributed by atoms with Crippen LogP contribution in [0.15, 0.2) is 22.7 Å². The number of nitrogens with one attached hydrogen (secondary N) is 2. The molecule has 1 aromatic rings. The number of urea groups is 1. The Morgan fingerprint density at radius 3 is 2.67 bits per heavy atom. The van der Waals surface area contributed by atoms with Crippen LogP contribution in [-0.4, -0.2) is 23.1 Å². The minimum Gasteiger partial charge on any atom is -0.478 e. The molecule has 0 aliphatic heterocycles. The molecule has 3 rings (SSSR count). The highest BCUT2D eigenvalue weighted by Gasteiger charge is 2.40. The summed E-state index contributed by atoms with van der Waals surface area (Å²) in [6, 6.07) is 4.70. The molecule has 2 aliphatic carbocycles. The lowest BCUT2D eigenvalue weighted by molar-refractivity contribution is 0.0698. The van der Waals surface area contributed by atoms with Crippen molar-refractivity contribution in [1.29, 1.82) is 0 Å². The van der Waals surface area contributed by atoms with Crippen molar-refractivity contribution < 1.29 is 14.7 Å². The van der Waals surface area contributed by atoms with Gasteiger partial charge in [-0.1, -0.05) is 12.5 Å². The molecule has 2 saturated carbocycles. The summed E-state index contributed by atoms with van der Waals surface area (Å²) in [6.45, 7) is 0. The second-order valence-electron chi connectivity index (χ2n) is 5.85. The van der Waals surface area contributed by atoms with Gasteiger partial charge in [-0.05, 0) is 59.2 Å². The molecule has 6 heteroatoms. The monoisotopic (exact) mass is 352 g/mol. The Morgan fingerprint density at radius 1 is 1.24 bits per heavy atom. The summed E-state index contributed by atoms with van der Waals surface area (Å²) in [5, 5.41) is 14.8. The SMILES string of the molecule is O=C(Nc1c(Br)cccc1C(=O)O)NC1CC2CCC1C2. The zero-order valence-corrected chi connectivity index (χ0v) is 13.0. The summed E-state index contributed by atoms with van der Waals surface area (Å²) in [7, 11) is 0. The molecule has 2 bridgehead atoms. The maximum atomic E-state index is 12.1. The average Bonchev–Trinajstić information content (AvgIpc) is 3.03. The van der Waals surface area contributed by atoms with E-state index < -0.39 is 5.97 Å². The minimum absolute atomic E-state index is 0.0764. The number of halogens is 1. The van der Waals surface area contributed by atoms with Gasteiger partial charge >= 0.3 is 12.0 Å². The Morgan fingerprint density at radius 2 is 2.05 bits per heavy atom. The first-order chi connectivity index (χ1) is 10.0. The summed E-state index contributed by atoms with van der Waals surface area (Å²) < 4.78 is 0.561. The Balaban J connectivity index is 1.69. The molecule has 0 spiro atoms. The molecule has 21 heavy (non-hydrogen) atoms. The van der Waals surface area contributed by atoms with Gasteiger partial charge in [0, 0.05) is 10.5 Å². The van der Waals surface area contributed by atoms with Crippen molar-refractivity contribution in [3.63, 3.8) is 0 Å². The van der Waals surface area contributed by atoms with Gasteiger partial charge in [0.05, 0.1) is 11.3 Å². The highest BCUT2D eigenvalue weighted by Crippen LogP contribution is 2.44. The first-order valence-electron chi connectivity index (χ1n) is 7.14.